The number of primary amides is 1. The van der Waals surface area contributed by atoms with Gasteiger partial charge in [0.15, 0.2) is 11.4 Å². The van der Waals surface area contributed by atoms with Gasteiger partial charge in [0.1, 0.15) is 23.4 Å². The Morgan fingerprint density at radius 3 is 2.50 bits per heavy atom. The highest BCUT2D eigenvalue weighted by molar-refractivity contribution is 6.15. The lowest BCUT2D eigenvalue weighted by molar-refractivity contribution is -0.137. The average Bonchev–Trinajstić information content (AvgIpc) is 2.75. The molecule has 34 heavy (non-hydrogen) atoms. The Balaban J connectivity index is 1.96. The van der Waals surface area contributed by atoms with E-state index in [1.165, 1.54) is 6.07 Å². The Hall–Kier alpha value is -3.32. The molecule has 0 fully saturated rings. The van der Waals surface area contributed by atoms with Crippen molar-refractivity contribution in [3.05, 3.63) is 39.9 Å². The van der Waals surface area contributed by atoms with Crippen LogP contribution in [-0.2, 0) is 11.2 Å². The molecular weight excluding hydrogens is 448 g/mol. The summed E-state index contributed by atoms with van der Waals surface area (Å²) in [5, 5.41) is 66.9. The zero-order chi connectivity index (χ0) is 25.3. The summed E-state index contributed by atoms with van der Waals surface area (Å²) >= 11 is 0. The van der Waals surface area contributed by atoms with Crippen LogP contribution in [0.25, 0.3) is 0 Å². The molecule has 1 unspecified atom stereocenters. The minimum Gasteiger partial charge on any atom is -0.510 e. The Morgan fingerprint density at radius 2 is 1.94 bits per heavy atom. The number of aromatic hydroxyl groups is 1. The van der Waals surface area contributed by atoms with E-state index in [1.807, 2.05) is 0 Å². The number of Topliss-reactive ketones (excluding diaryl/α,β-unsaturated/α-hetero) is 1. The van der Waals surface area contributed by atoms with Gasteiger partial charge in [0, 0.05) is 31.3 Å². The number of fused-ring (bicyclic) bond motifs is 3. The fraction of sp³-hybridized carbons (Fsp3) is 0.455. The van der Waals surface area contributed by atoms with Crippen LogP contribution in [0, 0.1) is 11.8 Å². The van der Waals surface area contributed by atoms with Crippen LogP contribution < -0.4 is 21.7 Å². The summed E-state index contributed by atoms with van der Waals surface area (Å²) in [6, 6.07) is 0.276. The number of nitrogen functional groups attached to an aromatic ring is 1. The number of aliphatic hydroxyl groups is 5. The van der Waals surface area contributed by atoms with E-state index in [-0.39, 0.29) is 29.7 Å². The van der Waals surface area contributed by atoms with E-state index in [1.54, 1.807) is 19.0 Å². The number of benzene rings is 1. The highest BCUT2D eigenvalue weighted by atomic mass is 16.4. The Kier molecular flexibility index (Phi) is 5.52. The lowest BCUT2D eigenvalue weighted by atomic mass is 9.58. The van der Waals surface area contributed by atoms with Gasteiger partial charge in [0.05, 0.1) is 29.6 Å². The number of nitrogens with zero attached hydrogens (tertiary/aromatic N) is 1. The molecule has 0 saturated heterocycles. The molecule has 3 aliphatic carbocycles. The SMILES string of the molecule is CN(C)c1cc(N)c(O)c2c1C[C@H]1C[C@H]3[C@@H](NCO)C(O)=C(C(N)=O)C(O)[C@@]3(O)C(O)=C1C2=O. The molecule has 12 nitrogen and oxygen atoms in total. The topological polar surface area (TPSA) is 223 Å². The molecule has 0 bridgehead atoms. The number of carbonyl (C=O) groups excluding carboxylic acids is 2. The molecule has 3 aliphatic rings. The zero-order valence-corrected chi connectivity index (χ0v) is 18.6. The normalized spacial score (nSPS) is 30.6. The highest BCUT2D eigenvalue weighted by Gasteiger charge is 2.62. The fourth-order valence-electron chi connectivity index (χ4n) is 5.66. The molecule has 0 radical (unpaired) electrons. The summed E-state index contributed by atoms with van der Waals surface area (Å²) in [4.78, 5) is 27.3. The van der Waals surface area contributed by atoms with Crippen molar-refractivity contribution in [3.8, 4) is 5.75 Å². The summed E-state index contributed by atoms with van der Waals surface area (Å²) < 4.78 is 0. The number of aliphatic hydroxyl groups excluding tert-OH is 4. The molecule has 0 aromatic heterocycles. The Bertz CT molecular complexity index is 1160. The van der Waals surface area contributed by atoms with Crippen LogP contribution in [0.4, 0.5) is 11.4 Å². The standard InChI is InChI=1S/C22H28N4O8/c1-26(2)11-5-10(23)16(28)13-8(11)3-7-4-9-15(25-6-27)18(30)14(21(24)33)20(32)22(9,34)19(31)12(7)17(13)29/h5,7,9,15,20,25,27-28,30-32,34H,3-4,6,23H2,1-2H3,(H2,24,33)/t7-,9-,15+,20?,22-/m0/s1. The first-order valence-corrected chi connectivity index (χ1v) is 10.6. The number of allylic oxidation sites excluding steroid dienone is 1. The number of anilines is 2. The highest BCUT2D eigenvalue weighted by Crippen LogP contribution is 2.54. The van der Waals surface area contributed by atoms with Gasteiger partial charge in [0.2, 0.25) is 0 Å². The third kappa shape index (κ3) is 2.99. The third-order valence-corrected chi connectivity index (χ3v) is 7.20. The maximum Gasteiger partial charge on any atom is 0.250 e. The van der Waals surface area contributed by atoms with Gasteiger partial charge in [-0.3, -0.25) is 14.9 Å². The molecule has 1 aromatic rings. The molecule has 5 atom stereocenters. The maximum atomic E-state index is 13.6. The Labute approximate surface area is 194 Å². The fourth-order valence-corrected chi connectivity index (χ4v) is 5.66. The van der Waals surface area contributed by atoms with Crippen molar-refractivity contribution >= 4 is 23.1 Å². The molecule has 0 heterocycles. The number of phenolic OH excluding ortho intramolecular Hbond substituents is 1. The minimum absolute atomic E-state index is 0.0239. The van der Waals surface area contributed by atoms with E-state index in [0.717, 1.165) is 0 Å². The molecule has 0 saturated carbocycles. The lowest BCUT2D eigenvalue weighted by Gasteiger charge is -2.52. The number of carbonyl (C=O) groups is 2. The van der Waals surface area contributed by atoms with Crippen molar-refractivity contribution in [1.82, 2.24) is 5.32 Å². The largest absolute Gasteiger partial charge is 0.510 e. The van der Waals surface area contributed by atoms with Crippen molar-refractivity contribution in [2.75, 3.05) is 31.5 Å². The molecule has 1 aromatic carbocycles. The third-order valence-electron chi connectivity index (χ3n) is 7.20. The van der Waals surface area contributed by atoms with E-state index in [2.05, 4.69) is 5.32 Å². The van der Waals surface area contributed by atoms with E-state index in [0.29, 0.717) is 11.3 Å². The molecule has 4 rings (SSSR count). The minimum atomic E-state index is -2.58. The van der Waals surface area contributed by atoms with Crippen LogP contribution in [0.5, 0.6) is 5.75 Å². The predicted molar refractivity (Wildman–Crippen MR) is 120 cm³/mol. The van der Waals surface area contributed by atoms with Crippen molar-refractivity contribution in [2.45, 2.75) is 30.6 Å². The van der Waals surface area contributed by atoms with Crippen molar-refractivity contribution in [3.63, 3.8) is 0 Å². The molecule has 1 amide bonds. The van der Waals surface area contributed by atoms with Crippen LogP contribution in [0.3, 0.4) is 0 Å². The van der Waals surface area contributed by atoms with E-state index < -0.39 is 70.8 Å². The first-order chi connectivity index (χ1) is 15.9. The number of amides is 1. The zero-order valence-electron chi connectivity index (χ0n) is 18.6. The van der Waals surface area contributed by atoms with Gasteiger partial charge in [-0.05, 0) is 30.4 Å². The van der Waals surface area contributed by atoms with Gasteiger partial charge in [-0.2, -0.15) is 0 Å². The van der Waals surface area contributed by atoms with Gasteiger partial charge in [-0.15, -0.1) is 0 Å². The van der Waals surface area contributed by atoms with Gasteiger partial charge in [0.25, 0.3) is 5.91 Å². The Morgan fingerprint density at radius 1 is 1.29 bits per heavy atom. The van der Waals surface area contributed by atoms with Gasteiger partial charge in [-0.25, -0.2) is 0 Å². The number of hydrogen-bond acceptors (Lipinski definition) is 11. The summed E-state index contributed by atoms with van der Waals surface area (Å²) in [5.74, 6) is -5.86. The predicted octanol–water partition coefficient (Wildman–Crippen LogP) is -1.46. The smallest absolute Gasteiger partial charge is 0.250 e. The van der Waals surface area contributed by atoms with Crippen molar-refractivity contribution in [2.24, 2.45) is 17.6 Å². The molecular formula is C22H28N4O8. The second-order valence-corrected chi connectivity index (χ2v) is 9.15. The van der Waals surface area contributed by atoms with Crippen LogP contribution in [-0.4, -0.2) is 80.9 Å². The molecule has 184 valence electrons. The molecule has 11 N–H and O–H groups in total. The number of hydrogen-bond donors (Lipinski definition) is 9. The first kappa shape index (κ1) is 23.8. The lowest BCUT2D eigenvalue weighted by Crippen LogP contribution is -2.65. The second-order valence-electron chi connectivity index (χ2n) is 9.15. The summed E-state index contributed by atoms with van der Waals surface area (Å²) in [6.45, 7) is -0.662. The summed E-state index contributed by atoms with van der Waals surface area (Å²) in [7, 11) is 3.48. The van der Waals surface area contributed by atoms with E-state index >= 15 is 0 Å². The molecule has 12 heteroatoms. The number of phenols is 1. The van der Waals surface area contributed by atoms with Crippen molar-refractivity contribution in [1.29, 1.82) is 0 Å². The first-order valence-electron chi connectivity index (χ1n) is 10.6. The van der Waals surface area contributed by atoms with Crippen LogP contribution in [0.2, 0.25) is 0 Å². The van der Waals surface area contributed by atoms with E-state index in [4.69, 9.17) is 11.5 Å². The van der Waals surface area contributed by atoms with Gasteiger partial charge in [-0.1, -0.05) is 0 Å². The maximum absolute atomic E-state index is 13.6. The quantitative estimate of drug-likeness (QED) is 0.139. The van der Waals surface area contributed by atoms with E-state index in [9.17, 15) is 40.2 Å². The van der Waals surface area contributed by atoms with Gasteiger partial charge >= 0.3 is 0 Å². The summed E-state index contributed by atoms with van der Waals surface area (Å²) in [5.41, 5.74) is 8.56. The number of nitrogens with one attached hydrogen (secondary N) is 1. The van der Waals surface area contributed by atoms with Crippen LogP contribution in [0.15, 0.2) is 28.7 Å². The van der Waals surface area contributed by atoms with Crippen LogP contribution >= 0.6 is 0 Å². The summed E-state index contributed by atoms with van der Waals surface area (Å²) in [6.07, 6.45) is -2.01. The van der Waals surface area contributed by atoms with Crippen LogP contribution in [0.1, 0.15) is 22.3 Å². The molecule has 0 aliphatic heterocycles. The second kappa shape index (κ2) is 7.87. The average molecular weight is 476 g/mol. The number of rotatable bonds is 4. The number of nitrogens with two attached hydrogens (primary N) is 2. The molecule has 0 spiro atoms. The van der Waals surface area contributed by atoms with Gasteiger partial charge < -0.3 is 47.0 Å². The monoisotopic (exact) mass is 476 g/mol. The number of ketones is 1. The van der Waals surface area contributed by atoms with Crippen molar-refractivity contribution < 1.29 is 40.2 Å².